The van der Waals surface area contributed by atoms with E-state index in [9.17, 15) is 9.59 Å². The van der Waals surface area contributed by atoms with Crippen LogP contribution in [0.15, 0.2) is 56.7 Å². The molecular weight excluding hydrogens is 460 g/mol. The fraction of sp³-hybridized carbons (Fsp3) is 0.217. The zero-order valence-corrected chi connectivity index (χ0v) is 18.7. The first-order valence-electron chi connectivity index (χ1n) is 9.91. The molecule has 7 nitrogen and oxygen atoms in total. The van der Waals surface area contributed by atoms with Gasteiger partial charge in [-0.05, 0) is 72.4 Å². The van der Waals surface area contributed by atoms with Crippen LogP contribution in [0.4, 0.5) is 5.69 Å². The maximum Gasteiger partial charge on any atom is 0.291 e. The van der Waals surface area contributed by atoms with Crippen LogP contribution in [0, 0.1) is 13.8 Å². The lowest BCUT2D eigenvalue weighted by atomic mass is 9.93. The molecule has 0 saturated carbocycles. The summed E-state index contributed by atoms with van der Waals surface area (Å²) in [6, 6.07) is 8.95. The number of hydrogen-bond acceptors (Lipinski definition) is 5. The van der Waals surface area contributed by atoms with Crippen molar-refractivity contribution < 1.29 is 14.0 Å². The second-order valence-corrected chi connectivity index (χ2v) is 8.23. The molecule has 2 heterocycles. The molecule has 1 aromatic carbocycles. The number of aromatic nitrogens is 1. The Morgan fingerprint density at radius 3 is 2.61 bits per heavy atom. The van der Waals surface area contributed by atoms with E-state index in [2.05, 4.69) is 36.8 Å². The fourth-order valence-electron chi connectivity index (χ4n) is 3.58. The van der Waals surface area contributed by atoms with E-state index in [4.69, 9.17) is 4.42 Å². The van der Waals surface area contributed by atoms with Crippen molar-refractivity contribution in [3.63, 3.8) is 0 Å². The van der Waals surface area contributed by atoms with Gasteiger partial charge < -0.3 is 9.73 Å². The molecule has 1 aliphatic carbocycles. The molecule has 4 rings (SSSR count). The Hall–Kier alpha value is -3.26. The Morgan fingerprint density at radius 1 is 1.10 bits per heavy atom. The minimum Gasteiger partial charge on any atom is -0.455 e. The second kappa shape index (κ2) is 8.85. The molecule has 8 heteroatoms. The normalized spacial score (nSPS) is 14.2. The van der Waals surface area contributed by atoms with Gasteiger partial charge in [0.05, 0.1) is 11.4 Å². The van der Waals surface area contributed by atoms with E-state index in [0.29, 0.717) is 34.7 Å². The number of carbonyl (C=O) groups excluding carboxylic acids is 2. The van der Waals surface area contributed by atoms with Crippen molar-refractivity contribution in [1.29, 1.82) is 0 Å². The maximum absolute atomic E-state index is 12.9. The van der Waals surface area contributed by atoms with Crippen LogP contribution in [-0.4, -0.2) is 22.5 Å². The number of nitrogens with zero attached hydrogens (tertiary/aromatic N) is 2. The topological polar surface area (TPSA) is 96.6 Å². The van der Waals surface area contributed by atoms with Crippen LogP contribution in [0.5, 0.6) is 0 Å². The van der Waals surface area contributed by atoms with E-state index >= 15 is 0 Å². The Kier molecular flexibility index (Phi) is 5.99. The summed E-state index contributed by atoms with van der Waals surface area (Å²) in [6.07, 6.45) is 5.34. The molecule has 0 spiro atoms. The molecule has 0 saturated heterocycles. The summed E-state index contributed by atoms with van der Waals surface area (Å²) in [5, 5.41) is 7.23. The number of anilines is 1. The van der Waals surface area contributed by atoms with E-state index < -0.39 is 0 Å². The fourth-order valence-corrected chi connectivity index (χ4v) is 4.18. The van der Waals surface area contributed by atoms with Gasteiger partial charge >= 0.3 is 0 Å². The summed E-state index contributed by atoms with van der Waals surface area (Å²) in [4.78, 5) is 29.1. The summed E-state index contributed by atoms with van der Waals surface area (Å²) >= 11 is 3.48. The maximum atomic E-state index is 12.9. The summed E-state index contributed by atoms with van der Waals surface area (Å²) < 4.78 is 6.73. The van der Waals surface area contributed by atoms with Crippen molar-refractivity contribution in [3.05, 3.63) is 81.0 Å². The highest BCUT2D eigenvalue weighted by Crippen LogP contribution is 2.31. The molecule has 2 N–H and O–H groups in total. The number of furan rings is 1. The predicted molar refractivity (Wildman–Crippen MR) is 121 cm³/mol. The minimum absolute atomic E-state index is 0.257. The molecule has 158 valence electrons. The van der Waals surface area contributed by atoms with Gasteiger partial charge in [-0.3, -0.25) is 14.6 Å². The molecule has 0 fully saturated rings. The first-order valence-corrected chi connectivity index (χ1v) is 10.7. The highest BCUT2D eigenvalue weighted by molar-refractivity contribution is 9.10. The smallest absolute Gasteiger partial charge is 0.291 e. The summed E-state index contributed by atoms with van der Waals surface area (Å²) in [5.41, 5.74) is 7.06. The average molecular weight is 481 g/mol. The summed E-state index contributed by atoms with van der Waals surface area (Å²) in [5.74, 6) is 0.336. The lowest BCUT2D eigenvalue weighted by molar-refractivity contribution is 0.0953. The van der Waals surface area contributed by atoms with Crippen LogP contribution in [0.2, 0.25) is 0 Å². The predicted octanol–water partition coefficient (Wildman–Crippen LogP) is 4.78. The van der Waals surface area contributed by atoms with Crippen molar-refractivity contribution in [2.45, 2.75) is 33.1 Å². The highest BCUT2D eigenvalue weighted by atomic mass is 79.9. The van der Waals surface area contributed by atoms with Crippen LogP contribution in [0.3, 0.4) is 0 Å². The highest BCUT2D eigenvalue weighted by Gasteiger charge is 2.28. The van der Waals surface area contributed by atoms with Crippen LogP contribution < -0.4 is 10.7 Å². The number of nitrogens with one attached hydrogen (secondary N) is 2. The van der Waals surface area contributed by atoms with Crippen molar-refractivity contribution >= 4 is 39.1 Å². The quantitative estimate of drug-likeness (QED) is 0.525. The number of aryl methyl sites for hydroxylation is 2. The molecule has 0 atom stereocenters. The van der Waals surface area contributed by atoms with Crippen molar-refractivity contribution in [2.24, 2.45) is 5.10 Å². The molecule has 3 aromatic rings. The number of pyridine rings is 1. The first kappa shape index (κ1) is 21.0. The first-order chi connectivity index (χ1) is 14.9. The van der Waals surface area contributed by atoms with Crippen LogP contribution >= 0.6 is 15.9 Å². The lowest BCUT2D eigenvalue weighted by Gasteiger charge is -2.13. The SMILES string of the molecule is Cc1ccc(NC(=O)c2oc3c(c2C)/C(=N/NC(=O)c2ccncc2)CCC3)c(Br)c1. The van der Waals surface area contributed by atoms with Gasteiger partial charge in [-0.25, -0.2) is 5.43 Å². The minimum atomic E-state index is -0.323. The Balaban J connectivity index is 1.58. The molecule has 0 bridgehead atoms. The summed E-state index contributed by atoms with van der Waals surface area (Å²) in [6.45, 7) is 3.82. The van der Waals surface area contributed by atoms with Crippen LogP contribution in [0.25, 0.3) is 0 Å². The van der Waals surface area contributed by atoms with Gasteiger partial charge in [-0.15, -0.1) is 0 Å². The monoisotopic (exact) mass is 480 g/mol. The number of carbonyl (C=O) groups is 2. The van der Waals surface area contributed by atoms with Gasteiger partial charge in [0.2, 0.25) is 0 Å². The summed E-state index contributed by atoms with van der Waals surface area (Å²) in [7, 11) is 0. The number of benzene rings is 1. The standard InChI is InChI=1S/C23H21BrN4O3/c1-13-6-7-17(16(24)12-13)26-23(30)21-14(2)20-18(4-3-5-19(20)31-21)27-28-22(29)15-8-10-25-11-9-15/h6-12H,3-5H2,1-2H3,(H,26,30)(H,28,29)/b27-18+. The van der Waals surface area contributed by atoms with Gasteiger partial charge in [-0.1, -0.05) is 6.07 Å². The Morgan fingerprint density at radius 2 is 1.87 bits per heavy atom. The van der Waals surface area contributed by atoms with E-state index in [1.165, 1.54) is 0 Å². The molecule has 1 aliphatic rings. The van der Waals surface area contributed by atoms with Crippen LogP contribution in [-0.2, 0) is 6.42 Å². The molecule has 2 aromatic heterocycles. The number of halogens is 1. The van der Waals surface area contributed by atoms with Crippen molar-refractivity contribution in [3.8, 4) is 0 Å². The lowest BCUT2D eigenvalue weighted by Crippen LogP contribution is -2.22. The van der Waals surface area contributed by atoms with Gasteiger partial charge in [-0.2, -0.15) is 5.10 Å². The number of hydrazone groups is 1. The van der Waals surface area contributed by atoms with E-state index in [0.717, 1.165) is 28.4 Å². The van der Waals surface area contributed by atoms with Crippen molar-refractivity contribution in [2.75, 3.05) is 5.32 Å². The molecule has 2 amide bonds. The Labute approximate surface area is 188 Å². The molecular formula is C23H21BrN4O3. The van der Waals surface area contributed by atoms with Gasteiger partial charge in [0.15, 0.2) is 5.76 Å². The number of hydrogen-bond donors (Lipinski definition) is 2. The molecule has 31 heavy (non-hydrogen) atoms. The van der Waals surface area contributed by atoms with Gasteiger partial charge in [0.25, 0.3) is 11.8 Å². The average Bonchev–Trinajstić information content (AvgIpc) is 3.12. The van der Waals surface area contributed by atoms with Crippen LogP contribution in [0.1, 0.15) is 56.2 Å². The van der Waals surface area contributed by atoms with Gasteiger partial charge in [0.1, 0.15) is 5.76 Å². The van der Waals surface area contributed by atoms with Crippen molar-refractivity contribution in [1.82, 2.24) is 10.4 Å². The molecule has 0 aliphatic heterocycles. The number of amides is 2. The third-order valence-electron chi connectivity index (χ3n) is 5.14. The largest absolute Gasteiger partial charge is 0.455 e. The van der Waals surface area contributed by atoms with E-state index in [1.807, 2.05) is 32.0 Å². The zero-order valence-electron chi connectivity index (χ0n) is 17.2. The third kappa shape index (κ3) is 4.44. The van der Waals surface area contributed by atoms with E-state index in [1.54, 1.807) is 24.5 Å². The Bertz CT molecular complexity index is 1190. The third-order valence-corrected chi connectivity index (χ3v) is 5.80. The van der Waals surface area contributed by atoms with E-state index in [-0.39, 0.29) is 17.6 Å². The number of rotatable bonds is 4. The zero-order chi connectivity index (χ0) is 22.0. The molecule has 0 radical (unpaired) electrons. The molecule has 0 unspecified atom stereocenters. The van der Waals surface area contributed by atoms with Gasteiger partial charge in [0, 0.05) is 40.0 Å². The second-order valence-electron chi connectivity index (χ2n) is 7.38. The number of fused-ring (bicyclic) bond motifs is 1.